The van der Waals surface area contributed by atoms with Gasteiger partial charge in [0.15, 0.2) is 0 Å². The molecule has 2 atom stereocenters. The predicted molar refractivity (Wildman–Crippen MR) is 201 cm³/mol. The molecule has 1 amide bonds. The maximum Gasteiger partial charge on any atom is 0.252 e. The topological polar surface area (TPSA) is 65.0 Å². The second-order valence-electron chi connectivity index (χ2n) is 16.9. The van der Waals surface area contributed by atoms with Crippen LogP contribution in [0.1, 0.15) is 101 Å². The van der Waals surface area contributed by atoms with Crippen LogP contribution in [0.15, 0.2) is 84.9 Å². The van der Waals surface area contributed by atoms with E-state index in [9.17, 15) is 9.90 Å². The Morgan fingerprint density at radius 2 is 1.61 bits per heavy atom. The summed E-state index contributed by atoms with van der Waals surface area (Å²) >= 11 is 0. The van der Waals surface area contributed by atoms with E-state index in [0.29, 0.717) is 29.5 Å². The number of piperidine rings is 1. The van der Waals surface area contributed by atoms with Crippen LogP contribution in [0.2, 0.25) is 0 Å². The average Bonchev–Trinajstić information content (AvgIpc) is 3.70. The van der Waals surface area contributed by atoms with E-state index in [1.54, 1.807) is 0 Å². The summed E-state index contributed by atoms with van der Waals surface area (Å²) in [6.07, 6.45) is 9.80. The third kappa shape index (κ3) is 5.44. The molecular formula is C45H49N3O3. The summed E-state index contributed by atoms with van der Waals surface area (Å²) in [6.45, 7) is 7.31. The monoisotopic (exact) mass is 679 g/mol. The summed E-state index contributed by atoms with van der Waals surface area (Å²) in [6, 6.07) is 30.8. The number of nitrogens with zero attached hydrogens (tertiary/aromatic N) is 2. The van der Waals surface area contributed by atoms with Crippen molar-refractivity contribution in [2.45, 2.75) is 75.2 Å². The molecule has 2 spiro atoms. The Kier molecular flexibility index (Phi) is 7.49. The Labute approximate surface area is 301 Å². The first kappa shape index (κ1) is 31.4. The zero-order chi connectivity index (χ0) is 34.2. The molecule has 4 aromatic rings. The lowest BCUT2D eigenvalue weighted by Gasteiger charge is -2.55. The van der Waals surface area contributed by atoms with Gasteiger partial charge in [-0.3, -0.25) is 4.79 Å². The fourth-order valence-corrected chi connectivity index (χ4v) is 10.9. The van der Waals surface area contributed by atoms with Crippen molar-refractivity contribution in [2.24, 2.45) is 11.3 Å². The number of aromatic hydroxyl groups is 1. The molecule has 6 nitrogen and oxygen atoms in total. The summed E-state index contributed by atoms with van der Waals surface area (Å²) in [4.78, 5) is 17.5. The van der Waals surface area contributed by atoms with Gasteiger partial charge in [0.05, 0.1) is 6.61 Å². The highest BCUT2D eigenvalue weighted by molar-refractivity contribution is 5.99. The first-order valence-electron chi connectivity index (χ1n) is 19.5. The molecule has 4 heterocycles. The second kappa shape index (κ2) is 12.2. The summed E-state index contributed by atoms with van der Waals surface area (Å²) in [5.41, 5.74) is 10.7. The van der Waals surface area contributed by atoms with Gasteiger partial charge in [-0.05, 0) is 141 Å². The number of phenols is 1. The quantitative estimate of drug-likeness (QED) is 0.225. The van der Waals surface area contributed by atoms with E-state index in [1.165, 1.54) is 78.8 Å². The van der Waals surface area contributed by atoms with E-state index >= 15 is 0 Å². The highest BCUT2D eigenvalue weighted by Crippen LogP contribution is 2.51. The van der Waals surface area contributed by atoms with E-state index in [2.05, 4.69) is 81.8 Å². The molecule has 262 valence electrons. The summed E-state index contributed by atoms with van der Waals surface area (Å²) < 4.78 is 6.19. The maximum absolute atomic E-state index is 12.2. The number of nitrogens with one attached hydrogen (secondary N) is 1. The Morgan fingerprint density at radius 1 is 0.824 bits per heavy atom. The molecule has 6 aliphatic rings. The minimum atomic E-state index is 0.0347. The molecule has 0 radical (unpaired) electrons. The molecule has 0 bridgehead atoms. The number of anilines is 1. The second-order valence-corrected chi connectivity index (χ2v) is 16.9. The molecule has 2 saturated heterocycles. The zero-order valence-electron chi connectivity index (χ0n) is 29.6. The SMILES string of the molecule is O=C1NCc2cc3c(cc21)OCC31CCN(CC2CCC3(CC2)CN(c2ccc(C4c5ccc(O)cc5CCC4c4ccccc4)cc2)C3)CC1. The number of ether oxygens (including phenoxy) is 1. The van der Waals surface area contributed by atoms with Crippen LogP contribution in [0.3, 0.4) is 0 Å². The van der Waals surface area contributed by atoms with Gasteiger partial charge >= 0.3 is 0 Å². The van der Waals surface area contributed by atoms with Crippen molar-refractivity contribution < 1.29 is 14.6 Å². The number of amides is 1. The maximum atomic E-state index is 12.2. The predicted octanol–water partition coefficient (Wildman–Crippen LogP) is 7.92. The number of carbonyl (C=O) groups excluding carboxylic acids is 1. The number of fused-ring (bicyclic) bond motifs is 4. The number of rotatable bonds is 5. The molecule has 51 heavy (non-hydrogen) atoms. The lowest BCUT2D eigenvalue weighted by molar-refractivity contribution is 0.0724. The summed E-state index contributed by atoms with van der Waals surface area (Å²) in [5.74, 6) is 2.88. The largest absolute Gasteiger partial charge is 0.508 e. The number of carbonyl (C=O) groups is 1. The van der Waals surface area contributed by atoms with E-state index in [0.717, 1.165) is 68.2 Å². The summed E-state index contributed by atoms with van der Waals surface area (Å²) in [5, 5.41) is 13.2. The molecule has 4 aromatic carbocycles. The fraction of sp³-hybridized carbons (Fsp3) is 0.444. The third-order valence-electron chi connectivity index (χ3n) is 13.9. The van der Waals surface area contributed by atoms with E-state index in [4.69, 9.17) is 4.74 Å². The number of aryl methyl sites for hydroxylation is 1. The van der Waals surface area contributed by atoms with Gasteiger partial charge in [0.1, 0.15) is 11.5 Å². The van der Waals surface area contributed by atoms with Crippen molar-refractivity contribution in [3.63, 3.8) is 0 Å². The molecule has 4 aliphatic heterocycles. The van der Waals surface area contributed by atoms with Gasteiger partial charge in [-0.1, -0.05) is 48.5 Å². The minimum absolute atomic E-state index is 0.0347. The van der Waals surface area contributed by atoms with Gasteiger partial charge < -0.3 is 25.0 Å². The number of benzene rings is 4. The third-order valence-corrected chi connectivity index (χ3v) is 13.9. The molecule has 2 N–H and O–H groups in total. The van der Waals surface area contributed by atoms with Gasteiger partial charge in [-0.25, -0.2) is 0 Å². The molecular weight excluding hydrogens is 631 g/mol. The van der Waals surface area contributed by atoms with Crippen molar-refractivity contribution in [3.05, 3.63) is 124 Å². The Bertz CT molecular complexity index is 1950. The van der Waals surface area contributed by atoms with Gasteiger partial charge in [-0.2, -0.15) is 0 Å². The zero-order valence-corrected chi connectivity index (χ0v) is 29.6. The normalized spacial score (nSPS) is 24.8. The van der Waals surface area contributed by atoms with Crippen LogP contribution in [0.25, 0.3) is 0 Å². The first-order chi connectivity index (χ1) is 24.9. The fourth-order valence-electron chi connectivity index (χ4n) is 10.9. The van der Waals surface area contributed by atoms with Crippen LogP contribution >= 0.6 is 0 Å². The lowest BCUT2D eigenvalue weighted by atomic mass is 9.65. The molecule has 10 rings (SSSR count). The number of likely N-dealkylation sites (tertiary alicyclic amines) is 1. The van der Waals surface area contributed by atoms with E-state index < -0.39 is 0 Å². The van der Waals surface area contributed by atoms with Gasteiger partial charge in [0.2, 0.25) is 0 Å². The number of hydrogen-bond donors (Lipinski definition) is 2. The molecule has 6 heteroatoms. The van der Waals surface area contributed by atoms with Crippen LogP contribution in [-0.4, -0.2) is 55.2 Å². The Morgan fingerprint density at radius 3 is 2.39 bits per heavy atom. The smallest absolute Gasteiger partial charge is 0.252 e. The van der Waals surface area contributed by atoms with Gasteiger partial charge in [-0.15, -0.1) is 0 Å². The van der Waals surface area contributed by atoms with Crippen LogP contribution in [0.5, 0.6) is 11.5 Å². The number of phenolic OH excluding ortho intramolecular Hbond substituents is 1. The Balaban J connectivity index is 0.746. The van der Waals surface area contributed by atoms with E-state index in [1.807, 2.05) is 18.2 Å². The standard InChI is InChI=1S/C45H49N3O3/c49-36-11-13-38-33(22-36)8-12-37(31-4-2-1-3-5-31)42(38)32-6-9-35(10-7-32)48-27-44(28-48)16-14-30(15-17-44)26-47-20-18-45(19-21-47)29-51-41-24-39-34(23-40(41)45)25-46-43(39)50/h1-7,9-11,13,22-24,30,37,42,49H,8,12,14-21,25-29H2,(H,46,50). The molecule has 2 aliphatic carbocycles. The Hall–Kier alpha value is -4.29. The van der Waals surface area contributed by atoms with Crippen LogP contribution in [0.4, 0.5) is 5.69 Å². The number of hydrogen-bond acceptors (Lipinski definition) is 5. The highest BCUT2D eigenvalue weighted by atomic mass is 16.5. The molecule has 1 saturated carbocycles. The van der Waals surface area contributed by atoms with Crippen LogP contribution in [0, 0.1) is 11.3 Å². The van der Waals surface area contributed by atoms with Crippen molar-refractivity contribution in [2.75, 3.05) is 44.2 Å². The first-order valence-corrected chi connectivity index (χ1v) is 19.5. The van der Waals surface area contributed by atoms with Crippen molar-refractivity contribution >= 4 is 11.6 Å². The van der Waals surface area contributed by atoms with Crippen LogP contribution < -0.4 is 15.0 Å². The average molecular weight is 680 g/mol. The van der Waals surface area contributed by atoms with Crippen LogP contribution in [-0.2, 0) is 18.4 Å². The van der Waals surface area contributed by atoms with E-state index in [-0.39, 0.29) is 11.3 Å². The van der Waals surface area contributed by atoms with Crippen molar-refractivity contribution in [1.82, 2.24) is 10.2 Å². The van der Waals surface area contributed by atoms with Crippen molar-refractivity contribution in [1.29, 1.82) is 0 Å². The minimum Gasteiger partial charge on any atom is -0.508 e. The van der Waals surface area contributed by atoms with Crippen molar-refractivity contribution in [3.8, 4) is 11.5 Å². The lowest BCUT2D eigenvalue weighted by Crippen LogP contribution is -2.58. The molecule has 3 fully saturated rings. The molecule has 2 unspecified atom stereocenters. The summed E-state index contributed by atoms with van der Waals surface area (Å²) in [7, 11) is 0. The molecule has 0 aromatic heterocycles. The van der Waals surface area contributed by atoms with Gasteiger partial charge in [0.25, 0.3) is 5.91 Å². The van der Waals surface area contributed by atoms with Gasteiger partial charge in [0, 0.05) is 59.7 Å². The highest BCUT2D eigenvalue weighted by Gasteiger charge is 2.47.